The molecule has 0 spiro atoms. The number of nitrogens with one attached hydrogen (secondary N) is 1. The first-order valence-electron chi connectivity index (χ1n) is 5.75. The topological polar surface area (TPSA) is 29.1 Å². The molecule has 0 bridgehead atoms. The summed E-state index contributed by atoms with van der Waals surface area (Å²) in [6.45, 7) is 0. The van der Waals surface area contributed by atoms with Gasteiger partial charge in [0.1, 0.15) is 0 Å². The van der Waals surface area contributed by atoms with Crippen LogP contribution in [-0.4, -0.2) is 5.91 Å². The van der Waals surface area contributed by atoms with Crippen molar-refractivity contribution in [3.8, 4) is 0 Å². The molecule has 0 aliphatic heterocycles. The third-order valence-electron chi connectivity index (χ3n) is 3.10. The summed E-state index contributed by atoms with van der Waals surface area (Å²) in [6, 6.07) is 7.70. The lowest BCUT2D eigenvalue weighted by molar-refractivity contribution is -0.119. The van der Waals surface area contributed by atoms with E-state index in [2.05, 4.69) is 5.32 Å². The molecule has 3 heteroatoms. The van der Waals surface area contributed by atoms with Crippen LogP contribution in [0.25, 0.3) is 0 Å². The van der Waals surface area contributed by atoms with Gasteiger partial charge in [0.2, 0.25) is 5.91 Å². The molecule has 2 rings (SSSR count). The van der Waals surface area contributed by atoms with Crippen molar-refractivity contribution in [2.75, 3.05) is 5.32 Å². The zero-order valence-corrected chi connectivity index (χ0v) is 9.96. The number of rotatable bonds is 3. The summed E-state index contributed by atoms with van der Waals surface area (Å²) >= 11 is 5.70. The summed E-state index contributed by atoms with van der Waals surface area (Å²) in [6.07, 6.45) is 4.43. The van der Waals surface area contributed by atoms with Crippen molar-refractivity contribution < 1.29 is 4.79 Å². The molecule has 0 saturated heterocycles. The second kappa shape index (κ2) is 5.35. The number of carbonyl (C=O) groups excluding carboxylic acids is 1. The van der Waals surface area contributed by atoms with E-state index in [1.165, 1.54) is 12.8 Å². The predicted molar refractivity (Wildman–Crippen MR) is 66.6 cm³/mol. The maximum atomic E-state index is 11.8. The Morgan fingerprint density at radius 3 is 2.44 bits per heavy atom. The Kier molecular flexibility index (Phi) is 3.83. The lowest BCUT2D eigenvalue weighted by Crippen LogP contribution is -2.20. The number of amides is 1. The molecular weight excluding hydrogens is 222 g/mol. The lowest BCUT2D eigenvalue weighted by Gasteiger charge is -2.10. The molecule has 1 aromatic rings. The van der Waals surface area contributed by atoms with Gasteiger partial charge >= 0.3 is 0 Å². The molecule has 1 aliphatic rings. The van der Waals surface area contributed by atoms with Crippen molar-refractivity contribution in [1.82, 2.24) is 0 Å². The van der Waals surface area contributed by atoms with Crippen LogP contribution in [0.3, 0.4) is 0 Å². The van der Waals surface area contributed by atoms with Crippen LogP contribution in [0.5, 0.6) is 0 Å². The minimum absolute atomic E-state index is 0.163. The maximum Gasteiger partial charge on any atom is 0.227 e. The predicted octanol–water partition coefficient (Wildman–Crippen LogP) is 3.55. The third kappa shape index (κ3) is 2.76. The van der Waals surface area contributed by atoms with Crippen molar-refractivity contribution in [2.24, 2.45) is 5.92 Å². The Morgan fingerprint density at radius 2 is 1.88 bits per heavy atom. The van der Waals surface area contributed by atoms with Gasteiger partial charge in [0, 0.05) is 17.5 Å². The first-order valence-corrected chi connectivity index (χ1v) is 6.29. The molecule has 0 radical (unpaired) electrons. The van der Waals surface area contributed by atoms with Crippen LogP contribution in [0.1, 0.15) is 31.2 Å². The third-order valence-corrected chi connectivity index (χ3v) is 3.41. The smallest absolute Gasteiger partial charge is 0.227 e. The minimum atomic E-state index is 0.163. The standard InChI is InChI=1S/C13H16ClNO/c14-9-10-5-7-12(8-6-10)15-13(16)11-3-1-2-4-11/h5-8,11H,1-4,9H2,(H,15,16). The summed E-state index contributed by atoms with van der Waals surface area (Å²) in [4.78, 5) is 11.8. The van der Waals surface area contributed by atoms with Gasteiger partial charge in [-0.3, -0.25) is 4.79 Å². The minimum Gasteiger partial charge on any atom is -0.326 e. The van der Waals surface area contributed by atoms with E-state index in [-0.39, 0.29) is 11.8 Å². The van der Waals surface area contributed by atoms with E-state index in [4.69, 9.17) is 11.6 Å². The van der Waals surface area contributed by atoms with Crippen LogP contribution < -0.4 is 5.32 Å². The number of hydrogen-bond donors (Lipinski definition) is 1. The van der Waals surface area contributed by atoms with E-state index in [1.807, 2.05) is 24.3 Å². The molecule has 1 aromatic carbocycles. The van der Waals surface area contributed by atoms with Gasteiger partial charge < -0.3 is 5.32 Å². The Morgan fingerprint density at radius 1 is 1.25 bits per heavy atom. The van der Waals surface area contributed by atoms with E-state index in [9.17, 15) is 4.79 Å². The Labute approximate surface area is 101 Å². The van der Waals surface area contributed by atoms with E-state index in [0.29, 0.717) is 5.88 Å². The van der Waals surface area contributed by atoms with Gasteiger partial charge in [-0.05, 0) is 30.5 Å². The number of carbonyl (C=O) groups is 1. The van der Waals surface area contributed by atoms with E-state index < -0.39 is 0 Å². The number of alkyl halides is 1. The fourth-order valence-electron chi connectivity index (χ4n) is 2.11. The highest BCUT2D eigenvalue weighted by atomic mass is 35.5. The van der Waals surface area contributed by atoms with Gasteiger partial charge in [-0.1, -0.05) is 25.0 Å². The fraction of sp³-hybridized carbons (Fsp3) is 0.462. The van der Waals surface area contributed by atoms with Crippen molar-refractivity contribution in [3.05, 3.63) is 29.8 Å². The number of benzene rings is 1. The number of hydrogen-bond acceptors (Lipinski definition) is 1. The van der Waals surface area contributed by atoms with E-state index in [0.717, 1.165) is 24.1 Å². The summed E-state index contributed by atoms with van der Waals surface area (Å²) in [5.74, 6) is 0.889. The SMILES string of the molecule is O=C(Nc1ccc(CCl)cc1)C1CCCC1. The molecule has 1 fully saturated rings. The van der Waals surface area contributed by atoms with Gasteiger partial charge in [-0.2, -0.15) is 0 Å². The average Bonchev–Trinajstić information content (AvgIpc) is 2.83. The quantitative estimate of drug-likeness (QED) is 0.801. The van der Waals surface area contributed by atoms with Crippen LogP contribution in [0.2, 0.25) is 0 Å². The van der Waals surface area contributed by atoms with Gasteiger partial charge in [0.25, 0.3) is 0 Å². The van der Waals surface area contributed by atoms with Gasteiger partial charge in [-0.15, -0.1) is 11.6 Å². The summed E-state index contributed by atoms with van der Waals surface area (Å²) in [7, 11) is 0. The Hall–Kier alpha value is -1.02. The molecule has 16 heavy (non-hydrogen) atoms. The zero-order valence-electron chi connectivity index (χ0n) is 9.21. The normalized spacial score (nSPS) is 16.3. The number of anilines is 1. The molecule has 0 heterocycles. The molecule has 2 nitrogen and oxygen atoms in total. The van der Waals surface area contributed by atoms with Crippen LogP contribution in [-0.2, 0) is 10.7 Å². The summed E-state index contributed by atoms with van der Waals surface area (Å²) in [5, 5.41) is 2.95. The largest absolute Gasteiger partial charge is 0.326 e. The molecule has 0 aromatic heterocycles. The van der Waals surface area contributed by atoms with E-state index in [1.54, 1.807) is 0 Å². The van der Waals surface area contributed by atoms with Crippen molar-refractivity contribution in [2.45, 2.75) is 31.6 Å². The van der Waals surface area contributed by atoms with Crippen LogP contribution in [0, 0.1) is 5.92 Å². The van der Waals surface area contributed by atoms with Gasteiger partial charge in [0.05, 0.1) is 0 Å². The second-order valence-corrected chi connectivity index (χ2v) is 4.57. The highest BCUT2D eigenvalue weighted by Crippen LogP contribution is 2.26. The molecule has 1 amide bonds. The zero-order chi connectivity index (χ0) is 11.4. The van der Waals surface area contributed by atoms with Crippen LogP contribution in [0.15, 0.2) is 24.3 Å². The Balaban J connectivity index is 1.94. The highest BCUT2D eigenvalue weighted by Gasteiger charge is 2.22. The summed E-state index contributed by atoms with van der Waals surface area (Å²) in [5.41, 5.74) is 1.94. The van der Waals surface area contributed by atoms with E-state index >= 15 is 0 Å². The number of halogens is 1. The fourth-order valence-corrected chi connectivity index (χ4v) is 2.29. The van der Waals surface area contributed by atoms with Crippen LogP contribution >= 0.6 is 11.6 Å². The lowest BCUT2D eigenvalue weighted by atomic mass is 10.1. The monoisotopic (exact) mass is 237 g/mol. The highest BCUT2D eigenvalue weighted by molar-refractivity contribution is 6.17. The summed E-state index contributed by atoms with van der Waals surface area (Å²) < 4.78 is 0. The first kappa shape index (κ1) is 11.5. The maximum absolute atomic E-state index is 11.8. The Bertz CT molecular complexity index is 355. The molecule has 0 atom stereocenters. The molecule has 0 unspecified atom stereocenters. The van der Waals surface area contributed by atoms with Crippen molar-refractivity contribution in [3.63, 3.8) is 0 Å². The van der Waals surface area contributed by atoms with Crippen molar-refractivity contribution in [1.29, 1.82) is 0 Å². The molecule has 1 aliphatic carbocycles. The first-order chi connectivity index (χ1) is 7.79. The molecular formula is C13H16ClNO. The van der Waals surface area contributed by atoms with Crippen LogP contribution in [0.4, 0.5) is 5.69 Å². The second-order valence-electron chi connectivity index (χ2n) is 4.30. The van der Waals surface area contributed by atoms with Crippen molar-refractivity contribution >= 4 is 23.2 Å². The molecule has 86 valence electrons. The average molecular weight is 238 g/mol. The van der Waals surface area contributed by atoms with Gasteiger partial charge in [0.15, 0.2) is 0 Å². The molecule has 1 saturated carbocycles. The molecule has 1 N–H and O–H groups in total. The van der Waals surface area contributed by atoms with Gasteiger partial charge in [-0.25, -0.2) is 0 Å².